The van der Waals surface area contributed by atoms with Crippen LogP contribution in [0.3, 0.4) is 0 Å². The zero-order valence-corrected chi connectivity index (χ0v) is 16.4. The molecule has 4 heteroatoms. The monoisotopic (exact) mass is 384 g/mol. The molecule has 0 spiro atoms. The summed E-state index contributed by atoms with van der Waals surface area (Å²) in [5.41, 5.74) is 6.05. The molecule has 1 unspecified atom stereocenters. The summed E-state index contributed by atoms with van der Waals surface area (Å²) in [5.74, 6) is 1.80. The van der Waals surface area contributed by atoms with Crippen molar-refractivity contribution in [1.82, 2.24) is 10.3 Å². The van der Waals surface area contributed by atoms with Crippen LogP contribution >= 0.6 is 0 Å². The number of aromatic nitrogens is 1. The van der Waals surface area contributed by atoms with Gasteiger partial charge in [0.15, 0.2) is 0 Å². The highest BCUT2D eigenvalue weighted by molar-refractivity contribution is 5.86. The molecule has 0 saturated carbocycles. The number of hydrogen-bond acceptors (Lipinski definition) is 3. The standard InChI is InChI=1S/C25H24N2O2/c1-28-23-10-6-5-9-20(23)24-25-19(13-14-26-24)21-15-18(11-12-22(21)27-25)29-16-17-7-3-2-4-8-17/h2-12,15,24,26-27H,13-14,16H2,1H3. The molecular weight excluding hydrogens is 360 g/mol. The molecule has 29 heavy (non-hydrogen) atoms. The van der Waals surface area contributed by atoms with E-state index in [0.717, 1.165) is 35.5 Å². The Balaban J connectivity index is 1.49. The third-order valence-electron chi connectivity index (χ3n) is 5.62. The van der Waals surface area contributed by atoms with Crippen molar-refractivity contribution < 1.29 is 9.47 Å². The Morgan fingerprint density at radius 2 is 1.79 bits per heavy atom. The third kappa shape index (κ3) is 3.36. The molecule has 0 bridgehead atoms. The molecule has 0 radical (unpaired) electrons. The lowest BCUT2D eigenvalue weighted by Crippen LogP contribution is -2.30. The summed E-state index contributed by atoms with van der Waals surface area (Å²) in [5, 5.41) is 4.89. The molecule has 0 aliphatic carbocycles. The van der Waals surface area contributed by atoms with Crippen LogP contribution in [-0.2, 0) is 13.0 Å². The molecule has 2 heterocycles. The minimum atomic E-state index is 0.0935. The van der Waals surface area contributed by atoms with Gasteiger partial charge < -0.3 is 19.8 Å². The van der Waals surface area contributed by atoms with Crippen molar-refractivity contribution in [1.29, 1.82) is 0 Å². The first-order valence-electron chi connectivity index (χ1n) is 10.0. The van der Waals surface area contributed by atoms with Crippen molar-refractivity contribution in [2.45, 2.75) is 19.1 Å². The van der Waals surface area contributed by atoms with Gasteiger partial charge in [-0.05, 0) is 41.8 Å². The number of ether oxygens (including phenoxy) is 2. The minimum Gasteiger partial charge on any atom is -0.496 e. The molecule has 146 valence electrons. The maximum absolute atomic E-state index is 6.06. The largest absolute Gasteiger partial charge is 0.496 e. The summed E-state index contributed by atoms with van der Waals surface area (Å²) in [7, 11) is 1.73. The van der Waals surface area contributed by atoms with Crippen molar-refractivity contribution >= 4 is 10.9 Å². The van der Waals surface area contributed by atoms with Crippen LogP contribution in [0.25, 0.3) is 10.9 Å². The average Bonchev–Trinajstić information content (AvgIpc) is 3.16. The summed E-state index contributed by atoms with van der Waals surface area (Å²) in [4.78, 5) is 3.64. The van der Waals surface area contributed by atoms with Gasteiger partial charge in [0, 0.05) is 28.7 Å². The van der Waals surface area contributed by atoms with Crippen molar-refractivity contribution in [2.75, 3.05) is 13.7 Å². The molecular formula is C25H24N2O2. The molecule has 0 fully saturated rings. The van der Waals surface area contributed by atoms with Gasteiger partial charge in [0.25, 0.3) is 0 Å². The van der Waals surface area contributed by atoms with Crippen molar-refractivity contribution in [2.24, 2.45) is 0 Å². The topological polar surface area (TPSA) is 46.3 Å². The molecule has 0 saturated heterocycles. The number of fused-ring (bicyclic) bond motifs is 3. The lowest BCUT2D eigenvalue weighted by Gasteiger charge is -2.26. The third-order valence-corrected chi connectivity index (χ3v) is 5.62. The van der Waals surface area contributed by atoms with Crippen molar-refractivity contribution in [3.63, 3.8) is 0 Å². The number of nitrogens with one attached hydrogen (secondary N) is 2. The van der Waals surface area contributed by atoms with Crippen LogP contribution in [0.2, 0.25) is 0 Å². The van der Waals surface area contributed by atoms with E-state index in [2.05, 4.69) is 46.7 Å². The predicted octanol–water partition coefficient (Wildman–Crippen LogP) is 4.99. The van der Waals surface area contributed by atoms with E-state index in [9.17, 15) is 0 Å². The SMILES string of the molecule is COc1ccccc1C1NCCc2c1[nH]c1ccc(OCc3ccccc3)cc21. The number of hydrogen-bond donors (Lipinski definition) is 2. The highest BCUT2D eigenvalue weighted by Gasteiger charge is 2.27. The number of methoxy groups -OCH3 is 1. The van der Waals surface area contributed by atoms with Gasteiger partial charge in [-0.25, -0.2) is 0 Å². The van der Waals surface area contributed by atoms with Crippen LogP contribution in [0.5, 0.6) is 11.5 Å². The first-order chi connectivity index (χ1) is 14.3. The van der Waals surface area contributed by atoms with Crippen LogP contribution in [0.4, 0.5) is 0 Å². The van der Waals surface area contributed by atoms with E-state index >= 15 is 0 Å². The molecule has 1 aromatic heterocycles. The maximum Gasteiger partial charge on any atom is 0.124 e. The van der Waals surface area contributed by atoms with Crippen molar-refractivity contribution in [3.8, 4) is 11.5 Å². The van der Waals surface area contributed by atoms with Crippen LogP contribution in [0.15, 0.2) is 72.8 Å². The lowest BCUT2D eigenvalue weighted by atomic mass is 9.94. The Morgan fingerprint density at radius 3 is 2.66 bits per heavy atom. The van der Waals surface area contributed by atoms with E-state index < -0.39 is 0 Å². The van der Waals surface area contributed by atoms with E-state index in [1.807, 2.05) is 36.4 Å². The summed E-state index contributed by atoms with van der Waals surface area (Å²) in [6.45, 7) is 1.50. The predicted molar refractivity (Wildman–Crippen MR) is 116 cm³/mol. The fourth-order valence-electron chi connectivity index (χ4n) is 4.21. The number of aromatic amines is 1. The van der Waals surface area contributed by atoms with Crippen LogP contribution in [0, 0.1) is 0 Å². The zero-order valence-electron chi connectivity index (χ0n) is 16.4. The van der Waals surface area contributed by atoms with Gasteiger partial charge in [0.2, 0.25) is 0 Å². The van der Waals surface area contributed by atoms with Gasteiger partial charge in [-0.3, -0.25) is 0 Å². The van der Waals surface area contributed by atoms with Crippen molar-refractivity contribution in [3.05, 3.63) is 95.2 Å². The van der Waals surface area contributed by atoms with E-state index in [4.69, 9.17) is 9.47 Å². The summed E-state index contributed by atoms with van der Waals surface area (Å²) in [6.07, 6.45) is 0.989. The van der Waals surface area contributed by atoms with E-state index in [1.165, 1.54) is 22.2 Å². The van der Waals surface area contributed by atoms with E-state index in [-0.39, 0.29) is 6.04 Å². The van der Waals surface area contributed by atoms with Crippen LogP contribution < -0.4 is 14.8 Å². The van der Waals surface area contributed by atoms with Gasteiger partial charge >= 0.3 is 0 Å². The van der Waals surface area contributed by atoms with Gasteiger partial charge in [0.1, 0.15) is 18.1 Å². The Bertz CT molecular complexity index is 1130. The number of rotatable bonds is 5. The van der Waals surface area contributed by atoms with Gasteiger partial charge in [-0.15, -0.1) is 0 Å². The molecule has 1 aliphatic heterocycles. The Kier molecular flexibility index (Phi) is 4.70. The summed E-state index contributed by atoms with van der Waals surface area (Å²) < 4.78 is 11.7. The molecule has 1 aliphatic rings. The number of benzene rings is 3. The molecule has 3 aromatic carbocycles. The fourth-order valence-corrected chi connectivity index (χ4v) is 4.21. The van der Waals surface area contributed by atoms with Gasteiger partial charge in [-0.1, -0.05) is 48.5 Å². The first-order valence-corrected chi connectivity index (χ1v) is 10.0. The van der Waals surface area contributed by atoms with E-state index in [0.29, 0.717) is 6.61 Å². The fraction of sp³-hybridized carbons (Fsp3) is 0.200. The quantitative estimate of drug-likeness (QED) is 0.509. The first kappa shape index (κ1) is 17.8. The second kappa shape index (κ2) is 7.64. The molecule has 1 atom stereocenters. The highest BCUT2D eigenvalue weighted by atomic mass is 16.5. The highest BCUT2D eigenvalue weighted by Crippen LogP contribution is 2.37. The summed E-state index contributed by atoms with van der Waals surface area (Å²) in [6, 6.07) is 24.9. The summed E-state index contributed by atoms with van der Waals surface area (Å²) >= 11 is 0. The maximum atomic E-state index is 6.06. The zero-order chi connectivity index (χ0) is 19.6. The smallest absolute Gasteiger partial charge is 0.124 e. The lowest BCUT2D eigenvalue weighted by molar-refractivity contribution is 0.306. The molecule has 5 rings (SSSR count). The Hall–Kier alpha value is -3.24. The van der Waals surface area contributed by atoms with E-state index in [1.54, 1.807) is 7.11 Å². The normalized spacial score (nSPS) is 15.8. The van der Waals surface area contributed by atoms with Gasteiger partial charge in [0.05, 0.1) is 13.2 Å². The number of H-pyrrole nitrogens is 1. The Labute approximate surface area is 170 Å². The second-order valence-corrected chi connectivity index (χ2v) is 7.38. The molecule has 2 N–H and O–H groups in total. The molecule has 0 amide bonds. The second-order valence-electron chi connectivity index (χ2n) is 7.38. The average molecular weight is 384 g/mol. The Morgan fingerprint density at radius 1 is 0.966 bits per heavy atom. The van der Waals surface area contributed by atoms with Gasteiger partial charge in [-0.2, -0.15) is 0 Å². The van der Waals surface area contributed by atoms with Crippen LogP contribution in [0.1, 0.15) is 28.4 Å². The van der Waals surface area contributed by atoms with Crippen LogP contribution in [-0.4, -0.2) is 18.6 Å². The minimum absolute atomic E-state index is 0.0935. The molecule has 4 nitrogen and oxygen atoms in total. The number of para-hydroxylation sites is 1. The molecule has 4 aromatic rings.